The number of hydrogen-bond donors (Lipinski definition) is 1. The number of rotatable bonds is 11. The Bertz CT molecular complexity index is 944. The predicted octanol–water partition coefficient (Wildman–Crippen LogP) is 2.82. The molecule has 1 N–H and O–H groups in total. The van der Waals surface area contributed by atoms with Crippen LogP contribution in [0.15, 0.2) is 25.3 Å². The van der Waals surface area contributed by atoms with Crippen LogP contribution in [0.3, 0.4) is 0 Å². The van der Waals surface area contributed by atoms with Gasteiger partial charge in [-0.2, -0.15) is 13.7 Å². The Balaban J connectivity index is -0.000000217. The average molecular weight is 639 g/mol. The first-order valence-electron chi connectivity index (χ1n) is 11.5. The first kappa shape index (κ1) is 44.6. The number of nitrogens with zero attached hydrogens (tertiary/aromatic N) is 2. The van der Waals surface area contributed by atoms with Crippen molar-refractivity contribution in [3.63, 3.8) is 0 Å². The van der Waals surface area contributed by atoms with Crippen molar-refractivity contribution in [2.24, 2.45) is 0 Å². The maximum absolute atomic E-state index is 11.0. The Morgan fingerprint density at radius 1 is 1.00 bits per heavy atom. The predicted molar refractivity (Wildman–Crippen MR) is 151 cm³/mol. The maximum Gasteiger partial charge on any atom is 0.508 e. The van der Waals surface area contributed by atoms with Crippen molar-refractivity contribution >= 4 is 42.2 Å². The van der Waals surface area contributed by atoms with Crippen LogP contribution in [-0.2, 0) is 42.3 Å². The lowest BCUT2D eigenvalue weighted by atomic mass is 10.4. The third kappa shape index (κ3) is 30.1. The van der Waals surface area contributed by atoms with Crippen molar-refractivity contribution in [3.05, 3.63) is 25.3 Å². The molecule has 0 aromatic heterocycles. The van der Waals surface area contributed by atoms with Gasteiger partial charge in [0.2, 0.25) is 9.05 Å². The molecule has 2 aliphatic rings. The second kappa shape index (κ2) is 26.8. The molecule has 2 fully saturated rings. The molecule has 0 radical (unpaired) electrons. The van der Waals surface area contributed by atoms with Gasteiger partial charge >= 0.3 is 12.3 Å². The molecule has 2 unspecified atom stereocenters. The third-order valence-corrected chi connectivity index (χ3v) is 6.07. The summed E-state index contributed by atoms with van der Waals surface area (Å²) in [5.41, 5.74) is 0. The van der Waals surface area contributed by atoms with Gasteiger partial charge < -0.3 is 29.0 Å². The second-order valence-corrected chi connectivity index (χ2v) is 11.4. The van der Waals surface area contributed by atoms with Crippen LogP contribution in [0.4, 0.5) is 9.59 Å². The molecule has 0 bridgehead atoms. The number of carbonyl (C=O) groups excluding carboxylic acids is 2. The van der Waals surface area contributed by atoms with E-state index in [0.29, 0.717) is 0 Å². The largest absolute Gasteiger partial charge is 0.508 e. The van der Waals surface area contributed by atoms with Gasteiger partial charge in [0.25, 0.3) is 10.1 Å². The number of aliphatic hydroxyl groups excluding tert-OH is 1. The minimum absolute atomic E-state index is 0. The van der Waals surface area contributed by atoms with Crippen LogP contribution in [0.1, 0.15) is 35.1 Å². The number of aliphatic hydroxyl groups is 1. The van der Waals surface area contributed by atoms with Crippen molar-refractivity contribution in [2.75, 3.05) is 57.6 Å². The highest BCUT2D eigenvalue weighted by molar-refractivity contribution is 8.13. The van der Waals surface area contributed by atoms with Crippen LogP contribution < -0.4 is 0 Å². The lowest BCUT2D eigenvalue weighted by Gasteiger charge is -2.13. The molecule has 14 nitrogen and oxygen atoms in total. The normalized spacial score (nSPS) is 16.9. The molecule has 2 saturated heterocycles. The van der Waals surface area contributed by atoms with E-state index in [-0.39, 0.29) is 45.4 Å². The van der Waals surface area contributed by atoms with Gasteiger partial charge in [-0.05, 0) is 19.6 Å². The summed E-state index contributed by atoms with van der Waals surface area (Å²) in [4.78, 5) is 22.9. The molecule has 236 valence electrons. The molecule has 2 atom stereocenters. The van der Waals surface area contributed by atoms with Gasteiger partial charge in [0, 0.05) is 17.6 Å². The van der Waals surface area contributed by atoms with E-state index < -0.39 is 43.7 Å². The fourth-order valence-electron chi connectivity index (χ4n) is 2.09. The van der Waals surface area contributed by atoms with Gasteiger partial charge in [-0.3, -0.25) is 4.18 Å². The van der Waals surface area contributed by atoms with E-state index >= 15 is 0 Å². The van der Waals surface area contributed by atoms with E-state index in [0.717, 1.165) is 0 Å². The van der Waals surface area contributed by atoms with Crippen LogP contribution in [-0.4, -0.2) is 109 Å². The van der Waals surface area contributed by atoms with Crippen LogP contribution in [0.2, 0.25) is 0 Å². The molecule has 0 spiro atoms. The minimum atomic E-state index is -3.60. The summed E-state index contributed by atoms with van der Waals surface area (Å²) in [6, 6.07) is 1.75. The summed E-state index contributed by atoms with van der Waals surface area (Å²) in [7, 11) is -2.19. The van der Waals surface area contributed by atoms with E-state index in [1.54, 1.807) is 6.07 Å². The highest BCUT2D eigenvalue weighted by Gasteiger charge is 2.27. The molecule has 0 saturated carbocycles. The van der Waals surface area contributed by atoms with Gasteiger partial charge in [-0.1, -0.05) is 40.3 Å². The Labute approximate surface area is 243 Å². The molecule has 0 aromatic rings. The zero-order valence-corrected chi connectivity index (χ0v) is 25.0. The summed E-state index contributed by atoms with van der Waals surface area (Å²) in [6.07, 6.45) is -0.136. The zero-order chi connectivity index (χ0) is 30.9. The molecule has 0 aliphatic carbocycles. The fourth-order valence-corrected chi connectivity index (χ4v) is 3.38. The number of carbonyl (C=O) groups is 2. The van der Waals surface area contributed by atoms with E-state index in [1.165, 1.54) is 38.7 Å². The number of halogens is 1. The highest BCUT2D eigenvalue weighted by Crippen LogP contribution is 2.08. The van der Waals surface area contributed by atoms with Gasteiger partial charge in [0.15, 0.2) is 12.2 Å². The van der Waals surface area contributed by atoms with Gasteiger partial charge in [-0.25, -0.2) is 18.0 Å². The van der Waals surface area contributed by atoms with E-state index in [2.05, 4.69) is 62.0 Å². The Kier molecular flexibility index (Phi) is 29.9. The van der Waals surface area contributed by atoms with E-state index in [9.17, 15) is 26.4 Å². The monoisotopic (exact) mass is 638 g/mol. The second-order valence-electron chi connectivity index (χ2n) is 6.92. The van der Waals surface area contributed by atoms with E-state index in [4.69, 9.17) is 21.1 Å². The van der Waals surface area contributed by atoms with Gasteiger partial charge in [0.1, 0.15) is 19.8 Å². The van der Waals surface area contributed by atoms with Crippen LogP contribution in [0.25, 0.3) is 0 Å². The van der Waals surface area contributed by atoms with Crippen molar-refractivity contribution < 1.29 is 54.7 Å². The summed E-state index contributed by atoms with van der Waals surface area (Å²) >= 11 is 0. The number of ether oxygens (including phenoxy) is 4. The SMILES string of the molecule is C.C=CCS(=O)(=O)Cl.C=CCS(=O)(=O)OCC1COC(=O)O1.CC#N.CCN(CC)CC.O=C1OCC(CO)O1. The summed E-state index contributed by atoms with van der Waals surface area (Å²) in [5.74, 6) is -0.428. The number of hydrogen-bond acceptors (Lipinski definition) is 14. The smallest absolute Gasteiger partial charge is 0.430 e. The first-order chi connectivity index (χ1) is 18.2. The van der Waals surface area contributed by atoms with E-state index in [1.807, 2.05) is 0 Å². The lowest BCUT2D eigenvalue weighted by molar-refractivity contribution is 0.0919. The molecule has 2 aliphatic heterocycles. The maximum atomic E-state index is 11.0. The molecule has 0 aromatic carbocycles. The topological polar surface area (TPSA) is 196 Å². The Morgan fingerprint density at radius 3 is 1.60 bits per heavy atom. The van der Waals surface area contributed by atoms with Crippen molar-refractivity contribution in [2.45, 2.75) is 47.3 Å². The van der Waals surface area contributed by atoms with Crippen molar-refractivity contribution in [3.8, 4) is 6.07 Å². The van der Waals surface area contributed by atoms with Gasteiger partial charge in [0.05, 0.1) is 24.2 Å². The Hall–Kier alpha value is -2.42. The molecule has 2 rings (SSSR count). The molecule has 17 heteroatoms. The Morgan fingerprint density at radius 2 is 1.40 bits per heavy atom. The zero-order valence-electron chi connectivity index (χ0n) is 22.6. The minimum Gasteiger partial charge on any atom is -0.430 e. The van der Waals surface area contributed by atoms with Crippen LogP contribution >= 0.6 is 10.7 Å². The van der Waals surface area contributed by atoms with Crippen molar-refractivity contribution in [1.29, 1.82) is 5.26 Å². The average Bonchev–Trinajstić information content (AvgIpc) is 3.47. The summed E-state index contributed by atoms with van der Waals surface area (Å²) < 4.78 is 64.1. The number of nitriles is 1. The first-order valence-corrected chi connectivity index (χ1v) is 15.6. The molecule has 40 heavy (non-hydrogen) atoms. The highest BCUT2D eigenvalue weighted by atomic mass is 35.7. The molecule has 0 amide bonds. The molecule has 2 heterocycles. The fraction of sp³-hybridized carbons (Fsp3) is 0.696. The summed E-state index contributed by atoms with van der Waals surface area (Å²) in [5, 5.41) is 15.6. The van der Waals surface area contributed by atoms with Crippen LogP contribution in [0, 0.1) is 11.3 Å². The van der Waals surface area contributed by atoms with Crippen molar-refractivity contribution in [1.82, 2.24) is 4.90 Å². The number of cyclic esters (lactones) is 4. The molecular weight excluding hydrogens is 596 g/mol. The third-order valence-electron chi connectivity index (χ3n) is 3.92. The van der Waals surface area contributed by atoms with Crippen LogP contribution in [0.5, 0.6) is 0 Å². The molecular formula is C23H43ClN2O12S2. The summed E-state index contributed by atoms with van der Waals surface area (Å²) in [6.45, 7) is 17.8. The lowest BCUT2D eigenvalue weighted by Crippen LogP contribution is -2.21. The van der Waals surface area contributed by atoms with Gasteiger partial charge in [-0.15, -0.1) is 13.2 Å². The quantitative estimate of drug-likeness (QED) is 0.150. The standard InChI is InChI=1S/C7H10O6S.C6H15N.C4H6O4.C3H5ClO2S.C2H3N.CH4/c1-2-3-14(9,10)12-5-6-4-11-7(8)13-6;1-4-7(5-2)6-3;5-1-3-2-7-4(6)8-3;1-2-3-7(4,5)6;1-2-3;/h2,6H,1,3-5H2;4-6H2,1-3H3;3,5H,1-2H2;2H,1,3H2;1H3;1H4.